The van der Waals surface area contributed by atoms with E-state index in [0.29, 0.717) is 36.0 Å². The van der Waals surface area contributed by atoms with Crippen molar-refractivity contribution in [1.82, 2.24) is 19.5 Å². The normalized spacial score (nSPS) is 23.4. The van der Waals surface area contributed by atoms with Crippen LogP contribution in [0.2, 0.25) is 0 Å². The molecule has 0 amide bonds. The zero-order chi connectivity index (χ0) is 21.8. The van der Waals surface area contributed by atoms with Crippen LogP contribution >= 0.6 is 0 Å². The molecule has 1 aromatic carbocycles. The number of anilines is 2. The van der Waals surface area contributed by atoms with Crippen LogP contribution in [0.25, 0.3) is 11.2 Å². The Balaban J connectivity index is 1.62. The lowest BCUT2D eigenvalue weighted by Crippen LogP contribution is -2.33. The number of ether oxygens (including phenoxy) is 1. The Morgan fingerprint density at radius 1 is 1.06 bits per heavy atom. The summed E-state index contributed by atoms with van der Waals surface area (Å²) in [5.41, 5.74) is 2.21. The quantitative estimate of drug-likeness (QED) is 0.337. The van der Waals surface area contributed by atoms with E-state index in [1.165, 1.54) is 11.9 Å². The first-order valence-corrected chi connectivity index (χ1v) is 10.5. The van der Waals surface area contributed by atoms with E-state index in [4.69, 9.17) is 4.74 Å². The summed E-state index contributed by atoms with van der Waals surface area (Å²) in [4.78, 5) is 13.6. The minimum absolute atomic E-state index is 0.397. The second-order valence-electron chi connectivity index (χ2n) is 7.54. The summed E-state index contributed by atoms with van der Waals surface area (Å²) in [5, 5.41) is 36.5. The summed E-state index contributed by atoms with van der Waals surface area (Å²) >= 11 is 0. The number of aromatic nitrogens is 4. The van der Waals surface area contributed by atoms with Gasteiger partial charge in [-0.2, -0.15) is 9.97 Å². The largest absolute Gasteiger partial charge is 0.394 e. The summed E-state index contributed by atoms with van der Waals surface area (Å²) in [7, 11) is 0. The first-order chi connectivity index (χ1) is 15.1. The SMILES string of the molecule is CCCNc1nc(NCCc2ccccc2)c2ncn([C@@H]3O[C@H](CO)[C@@H](O)[C@H]3O)c2n1. The number of hydrogen-bond acceptors (Lipinski definition) is 9. The van der Waals surface area contributed by atoms with Crippen molar-refractivity contribution in [2.75, 3.05) is 30.3 Å². The Bertz CT molecular complexity index is 998. The minimum Gasteiger partial charge on any atom is -0.394 e. The summed E-state index contributed by atoms with van der Waals surface area (Å²) in [5.74, 6) is 1.01. The van der Waals surface area contributed by atoms with E-state index >= 15 is 0 Å². The van der Waals surface area contributed by atoms with Gasteiger partial charge in [0, 0.05) is 13.1 Å². The first-order valence-electron chi connectivity index (χ1n) is 10.5. The maximum Gasteiger partial charge on any atom is 0.226 e. The summed E-state index contributed by atoms with van der Waals surface area (Å²) < 4.78 is 7.23. The van der Waals surface area contributed by atoms with Crippen LogP contribution in [0.15, 0.2) is 36.7 Å². The molecule has 1 saturated heterocycles. The molecule has 2 aromatic heterocycles. The van der Waals surface area contributed by atoms with Crippen molar-refractivity contribution in [2.45, 2.75) is 44.3 Å². The zero-order valence-corrected chi connectivity index (χ0v) is 17.3. The van der Waals surface area contributed by atoms with Crippen molar-refractivity contribution < 1.29 is 20.1 Å². The van der Waals surface area contributed by atoms with Crippen molar-refractivity contribution in [1.29, 1.82) is 0 Å². The van der Waals surface area contributed by atoms with Gasteiger partial charge >= 0.3 is 0 Å². The number of benzene rings is 1. The lowest BCUT2D eigenvalue weighted by atomic mass is 10.1. The molecule has 0 bridgehead atoms. The summed E-state index contributed by atoms with van der Waals surface area (Å²) in [6, 6.07) is 10.1. The summed E-state index contributed by atoms with van der Waals surface area (Å²) in [6.07, 6.45) is -0.970. The van der Waals surface area contributed by atoms with Gasteiger partial charge in [-0.05, 0) is 18.4 Å². The van der Waals surface area contributed by atoms with Gasteiger partial charge in [0.1, 0.15) is 18.3 Å². The predicted molar refractivity (Wildman–Crippen MR) is 116 cm³/mol. The van der Waals surface area contributed by atoms with Crippen LogP contribution < -0.4 is 10.6 Å². The number of imidazole rings is 1. The number of aliphatic hydroxyl groups is 3. The Hall–Kier alpha value is -2.79. The fraction of sp³-hybridized carbons (Fsp3) is 0.476. The van der Waals surface area contributed by atoms with E-state index in [-0.39, 0.29) is 0 Å². The van der Waals surface area contributed by atoms with Gasteiger partial charge in [0.05, 0.1) is 12.9 Å². The van der Waals surface area contributed by atoms with Crippen LogP contribution in [-0.2, 0) is 11.2 Å². The smallest absolute Gasteiger partial charge is 0.226 e. The standard InChI is InChI=1S/C21H28N6O4/c1-2-9-23-21-25-18(22-10-8-13-6-4-3-5-7-13)15-19(26-21)27(12-24-15)20-17(30)16(29)14(11-28)31-20/h3-7,12,14,16-17,20,28-30H,2,8-11H2,1H3,(H2,22,23,25,26)/t14-,16-,17-,20-/m1/s1. The Morgan fingerprint density at radius 2 is 1.87 bits per heavy atom. The number of aliphatic hydroxyl groups excluding tert-OH is 3. The molecule has 4 atom stereocenters. The van der Waals surface area contributed by atoms with Crippen LogP contribution in [-0.4, -0.2) is 72.8 Å². The molecule has 166 valence electrons. The van der Waals surface area contributed by atoms with Gasteiger partial charge in [0.25, 0.3) is 0 Å². The maximum atomic E-state index is 10.4. The number of nitrogens with one attached hydrogen (secondary N) is 2. The fourth-order valence-corrected chi connectivity index (χ4v) is 3.62. The molecular weight excluding hydrogens is 400 g/mol. The second kappa shape index (κ2) is 9.56. The molecule has 1 aliphatic heterocycles. The molecule has 0 unspecified atom stereocenters. The molecule has 3 heterocycles. The molecule has 0 spiro atoms. The fourth-order valence-electron chi connectivity index (χ4n) is 3.62. The second-order valence-corrected chi connectivity index (χ2v) is 7.54. The van der Waals surface area contributed by atoms with E-state index in [1.54, 1.807) is 4.57 Å². The third-order valence-electron chi connectivity index (χ3n) is 5.29. The van der Waals surface area contributed by atoms with E-state index in [1.807, 2.05) is 25.1 Å². The molecule has 3 aromatic rings. The predicted octanol–water partition coefficient (Wildman–Crippen LogP) is 0.914. The molecular formula is C21H28N6O4. The molecule has 31 heavy (non-hydrogen) atoms. The van der Waals surface area contributed by atoms with Gasteiger partial charge in [0.2, 0.25) is 5.95 Å². The third kappa shape index (κ3) is 4.47. The summed E-state index contributed by atoms with van der Waals surface area (Å²) in [6.45, 7) is 3.01. The van der Waals surface area contributed by atoms with E-state index in [0.717, 1.165) is 12.8 Å². The van der Waals surface area contributed by atoms with Crippen LogP contribution in [0, 0.1) is 0 Å². The molecule has 10 heteroatoms. The van der Waals surface area contributed by atoms with Crippen LogP contribution in [0.3, 0.4) is 0 Å². The number of hydrogen-bond donors (Lipinski definition) is 5. The van der Waals surface area contributed by atoms with E-state index in [2.05, 4.69) is 37.7 Å². The average Bonchev–Trinajstić information content (AvgIpc) is 3.34. The third-order valence-corrected chi connectivity index (χ3v) is 5.29. The highest BCUT2D eigenvalue weighted by Crippen LogP contribution is 2.32. The Kier molecular flexibility index (Phi) is 6.62. The van der Waals surface area contributed by atoms with Crippen LogP contribution in [0.5, 0.6) is 0 Å². The molecule has 0 saturated carbocycles. The van der Waals surface area contributed by atoms with Crippen LogP contribution in [0.4, 0.5) is 11.8 Å². The van der Waals surface area contributed by atoms with Gasteiger partial charge in [-0.1, -0.05) is 37.3 Å². The first kappa shape index (κ1) is 21.4. The highest BCUT2D eigenvalue weighted by molar-refractivity contribution is 5.84. The Labute approximate surface area is 179 Å². The lowest BCUT2D eigenvalue weighted by molar-refractivity contribution is -0.0511. The molecule has 0 aliphatic carbocycles. The van der Waals surface area contributed by atoms with Gasteiger partial charge in [-0.25, -0.2) is 4.98 Å². The Morgan fingerprint density at radius 3 is 2.58 bits per heavy atom. The van der Waals surface area contributed by atoms with Crippen LogP contribution in [0.1, 0.15) is 25.1 Å². The minimum atomic E-state index is -1.22. The monoisotopic (exact) mass is 428 g/mol. The zero-order valence-electron chi connectivity index (χ0n) is 17.3. The molecule has 1 fully saturated rings. The molecule has 5 N–H and O–H groups in total. The van der Waals surface area contributed by atoms with Crippen molar-refractivity contribution in [3.05, 3.63) is 42.2 Å². The maximum absolute atomic E-state index is 10.4. The lowest BCUT2D eigenvalue weighted by Gasteiger charge is -2.17. The number of fused-ring (bicyclic) bond motifs is 1. The number of nitrogens with zero attached hydrogens (tertiary/aromatic N) is 4. The van der Waals surface area contributed by atoms with Gasteiger partial charge in [-0.3, -0.25) is 4.57 Å². The molecule has 10 nitrogen and oxygen atoms in total. The average molecular weight is 428 g/mol. The van der Waals surface area contributed by atoms with E-state index < -0.39 is 31.1 Å². The van der Waals surface area contributed by atoms with Crippen molar-refractivity contribution >= 4 is 22.9 Å². The topological polar surface area (TPSA) is 138 Å². The highest BCUT2D eigenvalue weighted by atomic mass is 16.6. The van der Waals surface area contributed by atoms with E-state index in [9.17, 15) is 15.3 Å². The van der Waals surface area contributed by atoms with Gasteiger partial charge in [0.15, 0.2) is 23.2 Å². The van der Waals surface area contributed by atoms with Crippen molar-refractivity contribution in [3.8, 4) is 0 Å². The van der Waals surface area contributed by atoms with Gasteiger partial charge in [-0.15, -0.1) is 0 Å². The molecule has 0 radical (unpaired) electrons. The highest BCUT2D eigenvalue weighted by Gasteiger charge is 2.44. The molecule has 1 aliphatic rings. The van der Waals surface area contributed by atoms with Crippen molar-refractivity contribution in [3.63, 3.8) is 0 Å². The van der Waals surface area contributed by atoms with Gasteiger partial charge < -0.3 is 30.7 Å². The van der Waals surface area contributed by atoms with Crippen molar-refractivity contribution in [2.24, 2.45) is 0 Å². The number of rotatable bonds is 9. The molecule has 4 rings (SSSR count).